The van der Waals surface area contributed by atoms with Gasteiger partial charge in [0.1, 0.15) is 5.69 Å². The van der Waals surface area contributed by atoms with E-state index in [1.807, 2.05) is 48.5 Å². The summed E-state index contributed by atoms with van der Waals surface area (Å²) in [4.78, 5) is 37.3. The van der Waals surface area contributed by atoms with Crippen molar-refractivity contribution in [3.8, 4) is 11.1 Å². The van der Waals surface area contributed by atoms with Gasteiger partial charge >= 0.3 is 11.9 Å². The summed E-state index contributed by atoms with van der Waals surface area (Å²) >= 11 is 0. The van der Waals surface area contributed by atoms with Crippen LogP contribution in [0, 0.1) is 0 Å². The molecule has 1 aromatic heterocycles. The number of nitrogens with zero attached hydrogens (tertiary/aromatic N) is 1. The highest BCUT2D eigenvalue weighted by Crippen LogP contribution is 2.30. The molecular formula is C35H39NO5. The second-order valence-electron chi connectivity index (χ2n) is 10.7. The van der Waals surface area contributed by atoms with E-state index >= 15 is 0 Å². The van der Waals surface area contributed by atoms with Crippen LogP contribution in [-0.2, 0) is 6.54 Å². The number of carbonyl (C=O) groups is 3. The predicted octanol–water partition coefficient (Wildman–Crippen LogP) is 8.86. The Balaban J connectivity index is 1.53. The van der Waals surface area contributed by atoms with E-state index in [4.69, 9.17) is 0 Å². The lowest BCUT2D eigenvalue weighted by Crippen LogP contribution is -2.14. The highest BCUT2D eigenvalue weighted by atomic mass is 16.4. The Bertz CT molecular complexity index is 1500. The normalized spacial score (nSPS) is 11.1. The quantitative estimate of drug-likeness (QED) is 0.107. The van der Waals surface area contributed by atoms with Crippen molar-refractivity contribution in [1.82, 2.24) is 4.57 Å². The maximum absolute atomic E-state index is 13.5. The van der Waals surface area contributed by atoms with E-state index in [9.17, 15) is 24.6 Å². The molecule has 6 heteroatoms. The lowest BCUT2D eigenvalue weighted by Gasteiger charge is -2.11. The third kappa shape index (κ3) is 7.51. The van der Waals surface area contributed by atoms with Crippen molar-refractivity contribution >= 4 is 28.6 Å². The number of Topliss-reactive ketones (excluding diaryl/α,β-unsaturated/α-hetero) is 1. The molecule has 214 valence electrons. The van der Waals surface area contributed by atoms with E-state index in [2.05, 4.69) is 6.92 Å². The van der Waals surface area contributed by atoms with E-state index in [1.165, 1.54) is 38.5 Å². The molecule has 0 fully saturated rings. The summed E-state index contributed by atoms with van der Waals surface area (Å²) in [7, 11) is 0. The number of fused-ring (bicyclic) bond motifs is 1. The Labute approximate surface area is 241 Å². The van der Waals surface area contributed by atoms with Crippen LogP contribution in [0.5, 0.6) is 0 Å². The molecule has 0 spiro atoms. The first-order valence-corrected chi connectivity index (χ1v) is 14.7. The zero-order chi connectivity index (χ0) is 29.2. The maximum Gasteiger partial charge on any atom is 0.353 e. The fraction of sp³-hybridized carbons (Fsp3) is 0.343. The van der Waals surface area contributed by atoms with Crippen LogP contribution in [0.4, 0.5) is 0 Å². The molecule has 2 N–H and O–H groups in total. The Kier molecular flexibility index (Phi) is 10.5. The molecular weight excluding hydrogens is 514 g/mol. The zero-order valence-corrected chi connectivity index (χ0v) is 23.8. The van der Waals surface area contributed by atoms with Crippen molar-refractivity contribution in [3.63, 3.8) is 0 Å². The summed E-state index contributed by atoms with van der Waals surface area (Å²) in [5.41, 5.74) is 3.91. The van der Waals surface area contributed by atoms with E-state index < -0.39 is 11.9 Å². The molecule has 3 aromatic carbocycles. The number of hydrogen-bond donors (Lipinski definition) is 2. The molecule has 0 saturated carbocycles. The first-order valence-electron chi connectivity index (χ1n) is 14.7. The molecule has 4 rings (SSSR count). The van der Waals surface area contributed by atoms with Crippen LogP contribution in [0.25, 0.3) is 22.0 Å². The fourth-order valence-electron chi connectivity index (χ4n) is 5.53. The fourth-order valence-corrected chi connectivity index (χ4v) is 5.53. The van der Waals surface area contributed by atoms with Crippen LogP contribution >= 0.6 is 0 Å². The monoisotopic (exact) mass is 553 g/mol. The minimum Gasteiger partial charge on any atom is -0.478 e. The second kappa shape index (κ2) is 14.4. The second-order valence-corrected chi connectivity index (χ2v) is 10.7. The standard InChI is InChI=1S/C35H39NO5/c1-2-3-4-5-6-7-8-9-10-18-31(37)32-29-16-11-12-17-30(29)36(33(32)35(40)41)24-25-14-13-15-28(23-25)26-19-21-27(22-20-26)34(38)39/h11-17,19-23H,2-10,18,24H2,1H3,(H,38,39)(H,40,41). The number of benzene rings is 3. The number of ketones is 1. The maximum atomic E-state index is 13.5. The minimum atomic E-state index is -1.11. The molecule has 0 aliphatic rings. The molecule has 41 heavy (non-hydrogen) atoms. The highest BCUT2D eigenvalue weighted by Gasteiger charge is 2.26. The largest absolute Gasteiger partial charge is 0.478 e. The van der Waals surface area contributed by atoms with Gasteiger partial charge in [0.25, 0.3) is 0 Å². The van der Waals surface area contributed by atoms with E-state index in [0.29, 0.717) is 17.4 Å². The van der Waals surface area contributed by atoms with Crippen LogP contribution < -0.4 is 0 Å². The smallest absolute Gasteiger partial charge is 0.353 e. The Morgan fingerprint density at radius 3 is 2.00 bits per heavy atom. The Hall–Kier alpha value is -4.19. The van der Waals surface area contributed by atoms with Gasteiger partial charge in [0.05, 0.1) is 11.1 Å². The summed E-state index contributed by atoms with van der Waals surface area (Å²) in [6.07, 6.45) is 10.7. The molecule has 6 nitrogen and oxygen atoms in total. The molecule has 0 saturated heterocycles. The van der Waals surface area contributed by atoms with Crippen molar-refractivity contribution in [1.29, 1.82) is 0 Å². The van der Waals surface area contributed by atoms with Gasteiger partial charge in [-0.25, -0.2) is 9.59 Å². The van der Waals surface area contributed by atoms with Gasteiger partial charge in [0.2, 0.25) is 0 Å². The molecule has 4 aromatic rings. The molecule has 0 aliphatic carbocycles. The van der Waals surface area contributed by atoms with Gasteiger partial charge in [-0.05, 0) is 47.4 Å². The number of para-hydroxylation sites is 1. The third-order valence-corrected chi connectivity index (χ3v) is 7.69. The number of hydrogen-bond acceptors (Lipinski definition) is 3. The molecule has 0 amide bonds. The number of carbonyl (C=O) groups excluding carboxylic acids is 1. The van der Waals surface area contributed by atoms with Gasteiger partial charge in [-0.3, -0.25) is 4.79 Å². The van der Waals surface area contributed by atoms with E-state index in [1.54, 1.807) is 28.8 Å². The SMILES string of the molecule is CCCCCCCCCCCC(=O)c1c(C(=O)O)n(Cc2cccc(-c3ccc(C(=O)O)cc3)c2)c2ccccc12. The number of aromatic carboxylic acids is 2. The Morgan fingerprint density at radius 1 is 0.683 bits per heavy atom. The number of carboxylic acids is 2. The van der Waals surface area contributed by atoms with Gasteiger partial charge in [0, 0.05) is 23.9 Å². The van der Waals surface area contributed by atoms with Crippen molar-refractivity contribution in [2.45, 2.75) is 77.7 Å². The lowest BCUT2D eigenvalue weighted by molar-refractivity contribution is 0.0676. The molecule has 0 unspecified atom stereocenters. The van der Waals surface area contributed by atoms with E-state index in [0.717, 1.165) is 41.5 Å². The lowest BCUT2D eigenvalue weighted by atomic mass is 10.00. The highest BCUT2D eigenvalue weighted by molar-refractivity contribution is 6.15. The number of aromatic nitrogens is 1. The van der Waals surface area contributed by atoms with Crippen LogP contribution in [0.2, 0.25) is 0 Å². The predicted molar refractivity (Wildman–Crippen MR) is 163 cm³/mol. The summed E-state index contributed by atoms with van der Waals surface area (Å²) in [6.45, 7) is 2.50. The van der Waals surface area contributed by atoms with Crippen molar-refractivity contribution in [2.24, 2.45) is 0 Å². The van der Waals surface area contributed by atoms with Crippen LogP contribution in [0.1, 0.15) is 108 Å². The van der Waals surface area contributed by atoms with Crippen molar-refractivity contribution in [2.75, 3.05) is 0 Å². The van der Waals surface area contributed by atoms with Gasteiger partial charge in [-0.15, -0.1) is 0 Å². The van der Waals surface area contributed by atoms with Gasteiger partial charge in [-0.2, -0.15) is 0 Å². The average Bonchev–Trinajstić information content (AvgIpc) is 3.31. The van der Waals surface area contributed by atoms with Crippen LogP contribution in [0.3, 0.4) is 0 Å². The van der Waals surface area contributed by atoms with Crippen molar-refractivity contribution in [3.05, 3.63) is 95.2 Å². The first kappa shape index (κ1) is 29.8. The number of unbranched alkanes of at least 4 members (excludes halogenated alkanes) is 8. The van der Waals surface area contributed by atoms with Gasteiger partial charge in [-0.1, -0.05) is 107 Å². The van der Waals surface area contributed by atoms with Crippen LogP contribution in [0.15, 0.2) is 72.8 Å². The molecule has 0 aliphatic heterocycles. The summed E-state index contributed by atoms with van der Waals surface area (Å²) in [5, 5.41) is 20.2. The molecule has 0 bridgehead atoms. The average molecular weight is 554 g/mol. The first-order chi connectivity index (χ1) is 19.9. The van der Waals surface area contributed by atoms with Gasteiger partial charge in [0.15, 0.2) is 5.78 Å². The van der Waals surface area contributed by atoms with Crippen LogP contribution in [-0.4, -0.2) is 32.5 Å². The molecule has 0 atom stereocenters. The summed E-state index contributed by atoms with van der Waals surface area (Å²) < 4.78 is 1.73. The Morgan fingerprint density at radius 2 is 1.34 bits per heavy atom. The molecule has 0 radical (unpaired) electrons. The molecule has 1 heterocycles. The summed E-state index contributed by atoms with van der Waals surface area (Å²) in [6, 6.07) is 21.8. The summed E-state index contributed by atoms with van der Waals surface area (Å²) in [5.74, 6) is -2.21. The van der Waals surface area contributed by atoms with Gasteiger partial charge < -0.3 is 14.8 Å². The number of rotatable bonds is 16. The van der Waals surface area contributed by atoms with Crippen molar-refractivity contribution < 1.29 is 24.6 Å². The number of carboxylic acid groups (broad SMARTS) is 2. The zero-order valence-electron chi connectivity index (χ0n) is 23.8. The van der Waals surface area contributed by atoms with E-state index in [-0.39, 0.29) is 23.6 Å². The minimum absolute atomic E-state index is 0.0309. The topological polar surface area (TPSA) is 96.6 Å². The third-order valence-electron chi connectivity index (χ3n) is 7.69.